The molecule has 0 aliphatic rings. The number of amides is 2. The number of likely N-dealkylation sites (N-methyl/N-ethyl adjacent to an activating group) is 1. The number of benzene rings is 1. The Balaban J connectivity index is 2.72. The van der Waals surface area contributed by atoms with E-state index < -0.39 is 5.82 Å². The van der Waals surface area contributed by atoms with Crippen LogP contribution in [0.5, 0.6) is 0 Å². The number of hydrogen-bond acceptors (Lipinski definition) is 2. The highest BCUT2D eigenvalue weighted by Crippen LogP contribution is 2.11. The van der Waals surface area contributed by atoms with Gasteiger partial charge in [-0.1, -0.05) is 6.07 Å². The number of rotatable bonds is 3. The molecule has 0 fully saturated rings. The number of nitrogens with one attached hydrogen (secondary N) is 1. The van der Waals surface area contributed by atoms with Crippen LogP contribution in [0.4, 0.5) is 4.39 Å². The Morgan fingerprint density at radius 3 is 2.40 bits per heavy atom. The van der Waals surface area contributed by atoms with Gasteiger partial charge in [0.15, 0.2) is 0 Å². The van der Waals surface area contributed by atoms with Crippen molar-refractivity contribution in [3.63, 3.8) is 0 Å². The molecule has 0 spiro atoms. The predicted molar refractivity (Wildman–Crippen MR) is 76.0 cm³/mol. The molecule has 0 atom stereocenters. The molecule has 110 valence electrons. The van der Waals surface area contributed by atoms with Gasteiger partial charge in [-0.05, 0) is 45.4 Å². The fraction of sp³-hybridized carbons (Fsp3) is 0.467. The predicted octanol–water partition coefficient (Wildman–Crippen LogP) is 2.12. The van der Waals surface area contributed by atoms with Crippen molar-refractivity contribution >= 4 is 11.8 Å². The van der Waals surface area contributed by atoms with Gasteiger partial charge in [0.1, 0.15) is 5.82 Å². The van der Waals surface area contributed by atoms with E-state index in [1.807, 2.05) is 20.8 Å². The summed E-state index contributed by atoms with van der Waals surface area (Å²) in [5, 5.41) is 2.77. The Labute approximate surface area is 119 Å². The van der Waals surface area contributed by atoms with Crippen molar-refractivity contribution in [2.75, 3.05) is 13.6 Å². The zero-order chi connectivity index (χ0) is 15.5. The van der Waals surface area contributed by atoms with Gasteiger partial charge in [0.05, 0.1) is 6.54 Å². The minimum Gasteiger partial charge on any atom is -0.350 e. The molecule has 0 radical (unpaired) electrons. The first-order valence-corrected chi connectivity index (χ1v) is 6.43. The number of carbonyl (C=O) groups is 2. The highest BCUT2D eigenvalue weighted by molar-refractivity contribution is 5.96. The zero-order valence-corrected chi connectivity index (χ0v) is 12.6. The van der Waals surface area contributed by atoms with Crippen molar-refractivity contribution in [1.82, 2.24) is 10.2 Å². The lowest BCUT2D eigenvalue weighted by Crippen LogP contribution is -2.46. The van der Waals surface area contributed by atoms with Gasteiger partial charge in [-0.15, -0.1) is 0 Å². The van der Waals surface area contributed by atoms with Gasteiger partial charge in [-0.2, -0.15) is 0 Å². The van der Waals surface area contributed by atoms with E-state index in [9.17, 15) is 14.0 Å². The maximum absolute atomic E-state index is 13.4. The molecule has 0 saturated carbocycles. The van der Waals surface area contributed by atoms with Gasteiger partial charge < -0.3 is 10.2 Å². The van der Waals surface area contributed by atoms with Crippen molar-refractivity contribution in [2.24, 2.45) is 0 Å². The average Bonchev–Trinajstić information content (AvgIpc) is 2.29. The first-order valence-electron chi connectivity index (χ1n) is 6.43. The number of halogens is 1. The summed E-state index contributed by atoms with van der Waals surface area (Å²) in [5.74, 6) is -1.06. The van der Waals surface area contributed by atoms with Crippen LogP contribution in [-0.2, 0) is 4.79 Å². The van der Waals surface area contributed by atoms with E-state index >= 15 is 0 Å². The van der Waals surface area contributed by atoms with Gasteiger partial charge >= 0.3 is 0 Å². The molecular weight excluding hydrogens is 259 g/mol. The lowest BCUT2D eigenvalue weighted by Gasteiger charge is -2.23. The van der Waals surface area contributed by atoms with E-state index in [-0.39, 0.29) is 29.5 Å². The van der Waals surface area contributed by atoms with E-state index in [1.54, 1.807) is 19.1 Å². The van der Waals surface area contributed by atoms with Crippen LogP contribution < -0.4 is 5.32 Å². The van der Waals surface area contributed by atoms with E-state index in [0.29, 0.717) is 5.56 Å². The lowest BCUT2D eigenvalue weighted by atomic mass is 10.1. The minimum atomic E-state index is -0.427. The molecule has 20 heavy (non-hydrogen) atoms. The third kappa shape index (κ3) is 4.64. The zero-order valence-electron chi connectivity index (χ0n) is 12.6. The molecule has 4 nitrogen and oxygen atoms in total. The molecule has 0 aromatic heterocycles. The molecular formula is C15H21FN2O2. The summed E-state index contributed by atoms with van der Waals surface area (Å²) in [5.41, 5.74) is 0.366. The molecule has 0 aliphatic carbocycles. The van der Waals surface area contributed by atoms with Crippen molar-refractivity contribution < 1.29 is 14.0 Å². The SMILES string of the molecule is Cc1ccc(C(=O)N(C)CC(=O)NC(C)(C)C)cc1F. The van der Waals surface area contributed by atoms with Crippen LogP contribution in [0, 0.1) is 12.7 Å². The largest absolute Gasteiger partial charge is 0.350 e. The Morgan fingerprint density at radius 1 is 1.30 bits per heavy atom. The summed E-state index contributed by atoms with van der Waals surface area (Å²) in [6.45, 7) is 7.15. The first-order chi connectivity index (χ1) is 9.10. The standard InChI is InChI=1S/C15H21FN2O2/c1-10-6-7-11(8-12(10)16)14(20)18(5)9-13(19)17-15(2,3)4/h6-8H,9H2,1-5H3,(H,17,19). The maximum atomic E-state index is 13.4. The second-order valence-electron chi connectivity index (χ2n) is 5.92. The van der Waals surface area contributed by atoms with Crippen molar-refractivity contribution in [3.05, 3.63) is 35.1 Å². The molecule has 1 aromatic rings. The fourth-order valence-corrected chi connectivity index (χ4v) is 1.69. The molecule has 5 heteroatoms. The van der Waals surface area contributed by atoms with Crippen LogP contribution in [0.15, 0.2) is 18.2 Å². The topological polar surface area (TPSA) is 49.4 Å². The van der Waals surface area contributed by atoms with E-state index in [0.717, 1.165) is 0 Å². The molecule has 1 N–H and O–H groups in total. The molecule has 1 rings (SSSR count). The first kappa shape index (κ1) is 16.1. The Morgan fingerprint density at radius 2 is 1.90 bits per heavy atom. The summed E-state index contributed by atoms with van der Waals surface area (Å²) in [4.78, 5) is 25.1. The molecule has 0 bridgehead atoms. The minimum absolute atomic E-state index is 0.0639. The van der Waals surface area contributed by atoms with Crippen molar-refractivity contribution in [3.8, 4) is 0 Å². The quantitative estimate of drug-likeness (QED) is 0.922. The third-order valence-corrected chi connectivity index (χ3v) is 2.66. The van der Waals surface area contributed by atoms with Gasteiger partial charge in [0, 0.05) is 18.2 Å². The van der Waals surface area contributed by atoms with Gasteiger partial charge in [0.2, 0.25) is 5.91 Å². The van der Waals surface area contributed by atoms with Crippen molar-refractivity contribution in [2.45, 2.75) is 33.2 Å². The second-order valence-corrected chi connectivity index (χ2v) is 5.92. The highest BCUT2D eigenvalue weighted by atomic mass is 19.1. The summed E-state index contributed by atoms with van der Waals surface area (Å²) < 4.78 is 13.4. The second kappa shape index (κ2) is 6.03. The van der Waals surface area contributed by atoms with E-state index in [1.165, 1.54) is 18.0 Å². The molecule has 2 amide bonds. The van der Waals surface area contributed by atoms with Gasteiger partial charge in [0.25, 0.3) is 5.91 Å². The smallest absolute Gasteiger partial charge is 0.254 e. The van der Waals surface area contributed by atoms with Crippen LogP contribution in [-0.4, -0.2) is 35.8 Å². The molecule has 0 heterocycles. The van der Waals surface area contributed by atoms with Gasteiger partial charge in [-0.3, -0.25) is 9.59 Å². The van der Waals surface area contributed by atoms with E-state index in [2.05, 4.69) is 5.32 Å². The molecule has 1 aromatic carbocycles. The lowest BCUT2D eigenvalue weighted by molar-refractivity contribution is -0.122. The van der Waals surface area contributed by atoms with Crippen LogP contribution in [0.2, 0.25) is 0 Å². The van der Waals surface area contributed by atoms with Crippen LogP contribution >= 0.6 is 0 Å². The maximum Gasteiger partial charge on any atom is 0.254 e. The Hall–Kier alpha value is -1.91. The van der Waals surface area contributed by atoms with Crippen LogP contribution in [0.25, 0.3) is 0 Å². The number of carbonyl (C=O) groups excluding carboxylic acids is 2. The summed E-state index contributed by atoms with van der Waals surface area (Å²) in [6.07, 6.45) is 0. The Kier molecular flexibility index (Phi) is 4.87. The number of nitrogens with zero attached hydrogens (tertiary/aromatic N) is 1. The third-order valence-electron chi connectivity index (χ3n) is 2.66. The molecule has 0 aliphatic heterocycles. The number of aryl methyl sites for hydroxylation is 1. The number of hydrogen-bond donors (Lipinski definition) is 1. The monoisotopic (exact) mass is 280 g/mol. The highest BCUT2D eigenvalue weighted by Gasteiger charge is 2.19. The van der Waals surface area contributed by atoms with Crippen LogP contribution in [0.1, 0.15) is 36.7 Å². The van der Waals surface area contributed by atoms with Gasteiger partial charge in [-0.25, -0.2) is 4.39 Å². The van der Waals surface area contributed by atoms with Crippen LogP contribution in [0.3, 0.4) is 0 Å². The molecule has 0 saturated heterocycles. The van der Waals surface area contributed by atoms with Crippen molar-refractivity contribution in [1.29, 1.82) is 0 Å². The van der Waals surface area contributed by atoms with E-state index in [4.69, 9.17) is 0 Å². The summed E-state index contributed by atoms with van der Waals surface area (Å²) >= 11 is 0. The fourth-order valence-electron chi connectivity index (χ4n) is 1.69. The Bertz CT molecular complexity index is 521. The normalized spacial score (nSPS) is 11.1. The summed E-state index contributed by atoms with van der Waals surface area (Å²) in [7, 11) is 1.52. The average molecular weight is 280 g/mol. The molecule has 0 unspecified atom stereocenters. The summed E-state index contributed by atoms with van der Waals surface area (Å²) in [6, 6.07) is 4.29.